The third-order valence-corrected chi connectivity index (χ3v) is 7.14. The Morgan fingerprint density at radius 1 is 1.12 bits per heavy atom. The minimum absolute atomic E-state index is 0.0347. The molecule has 0 aliphatic carbocycles. The Kier molecular flexibility index (Phi) is 6.80. The molecule has 0 unspecified atom stereocenters. The van der Waals surface area contributed by atoms with Gasteiger partial charge in [0.2, 0.25) is 0 Å². The van der Waals surface area contributed by atoms with Crippen LogP contribution >= 0.6 is 11.6 Å². The summed E-state index contributed by atoms with van der Waals surface area (Å²) in [5, 5.41) is -0.0347. The second-order valence-corrected chi connectivity index (χ2v) is 9.68. The van der Waals surface area contributed by atoms with Crippen LogP contribution in [0.1, 0.15) is 23.0 Å². The molecular formula is C22H22ClN3O6S. The van der Waals surface area contributed by atoms with E-state index in [1.54, 1.807) is 49.0 Å². The first-order chi connectivity index (χ1) is 15.5. The maximum Gasteiger partial charge on any atom is 0.340 e. The van der Waals surface area contributed by atoms with Crippen LogP contribution in [-0.4, -0.2) is 43.2 Å². The van der Waals surface area contributed by atoms with Crippen molar-refractivity contribution in [3.8, 4) is 5.69 Å². The lowest BCUT2D eigenvalue weighted by molar-refractivity contribution is -0.120. The highest BCUT2D eigenvalue weighted by molar-refractivity contribution is 7.92. The van der Waals surface area contributed by atoms with Crippen molar-refractivity contribution in [2.75, 3.05) is 18.0 Å². The van der Waals surface area contributed by atoms with Gasteiger partial charge in [-0.2, -0.15) is 0 Å². The van der Waals surface area contributed by atoms with Crippen LogP contribution in [0.2, 0.25) is 5.02 Å². The number of esters is 1. The molecule has 0 aliphatic heterocycles. The Balaban J connectivity index is 2.06. The molecule has 3 rings (SSSR count). The smallest absolute Gasteiger partial charge is 0.340 e. The summed E-state index contributed by atoms with van der Waals surface area (Å²) in [4.78, 5) is 36.3. The summed E-state index contributed by atoms with van der Waals surface area (Å²) in [5.41, 5.74) is 0.218. The standard InChI is InChI=1S/C22H22ClN3O6S/c1-14(27)13-32-22(29)18-12-17(10-11-19(18)23)33(30,31)25(4)20-15(2)24(3)26(21(20)28)16-8-6-5-7-9-16/h5-12H,13H2,1-4H3. The zero-order valence-electron chi connectivity index (χ0n) is 18.4. The zero-order chi connectivity index (χ0) is 24.5. The van der Waals surface area contributed by atoms with Crippen molar-refractivity contribution in [3.63, 3.8) is 0 Å². The molecule has 174 valence electrons. The minimum Gasteiger partial charge on any atom is -0.454 e. The number of benzene rings is 2. The number of ether oxygens (including phenoxy) is 1. The molecule has 1 aromatic heterocycles. The summed E-state index contributed by atoms with van der Waals surface area (Å²) in [6, 6.07) is 12.3. The van der Waals surface area contributed by atoms with Crippen LogP contribution in [0, 0.1) is 6.92 Å². The average Bonchev–Trinajstić information content (AvgIpc) is 3.00. The fourth-order valence-electron chi connectivity index (χ4n) is 3.26. The van der Waals surface area contributed by atoms with Crippen molar-refractivity contribution in [1.29, 1.82) is 0 Å². The summed E-state index contributed by atoms with van der Waals surface area (Å²) >= 11 is 6.04. The van der Waals surface area contributed by atoms with E-state index in [0.29, 0.717) is 11.4 Å². The lowest BCUT2D eigenvalue weighted by Crippen LogP contribution is -2.32. The summed E-state index contributed by atoms with van der Waals surface area (Å²) in [7, 11) is -1.34. The monoisotopic (exact) mass is 491 g/mol. The molecule has 0 saturated carbocycles. The van der Waals surface area contributed by atoms with Crippen molar-refractivity contribution in [3.05, 3.63) is 75.2 Å². The molecule has 0 saturated heterocycles. The first-order valence-corrected chi connectivity index (χ1v) is 11.6. The molecular weight excluding hydrogens is 470 g/mol. The molecule has 0 amide bonds. The Hall–Kier alpha value is -3.37. The van der Waals surface area contributed by atoms with Crippen LogP contribution in [0.3, 0.4) is 0 Å². The summed E-state index contributed by atoms with van der Waals surface area (Å²) in [5.74, 6) is -1.31. The number of rotatable bonds is 7. The van der Waals surface area contributed by atoms with Gasteiger partial charge in [0.1, 0.15) is 12.3 Å². The first kappa shape index (κ1) is 24.3. The molecule has 0 radical (unpaired) electrons. The SMILES string of the molecule is CC(=O)COC(=O)c1cc(S(=O)(=O)N(C)c2c(C)n(C)n(-c3ccccc3)c2=O)ccc1Cl. The average molecular weight is 492 g/mol. The number of ketones is 1. The van der Waals surface area contributed by atoms with Crippen LogP contribution < -0.4 is 9.86 Å². The molecule has 11 heteroatoms. The molecule has 0 fully saturated rings. The number of hydrogen-bond acceptors (Lipinski definition) is 6. The highest BCUT2D eigenvalue weighted by Gasteiger charge is 2.30. The molecule has 0 atom stereocenters. The molecule has 1 heterocycles. The van der Waals surface area contributed by atoms with Gasteiger partial charge in [0.15, 0.2) is 5.78 Å². The molecule has 2 aromatic carbocycles. The number of hydrogen-bond donors (Lipinski definition) is 0. The quantitative estimate of drug-likeness (QED) is 0.470. The van der Waals surface area contributed by atoms with Crippen molar-refractivity contribution in [2.24, 2.45) is 7.05 Å². The highest BCUT2D eigenvalue weighted by atomic mass is 35.5. The van der Waals surface area contributed by atoms with E-state index in [4.69, 9.17) is 16.3 Å². The third-order valence-electron chi connectivity index (χ3n) is 5.06. The number of carbonyl (C=O) groups excluding carboxylic acids is 2. The second-order valence-electron chi connectivity index (χ2n) is 7.30. The maximum atomic E-state index is 13.4. The van der Waals surface area contributed by atoms with Gasteiger partial charge in [0.05, 0.1) is 26.9 Å². The van der Waals surface area contributed by atoms with E-state index in [0.717, 1.165) is 10.4 Å². The van der Waals surface area contributed by atoms with Gasteiger partial charge >= 0.3 is 5.97 Å². The van der Waals surface area contributed by atoms with E-state index in [-0.39, 0.29) is 27.0 Å². The number of para-hydroxylation sites is 1. The number of halogens is 1. The Labute approximate surface area is 195 Å². The second kappa shape index (κ2) is 9.24. The zero-order valence-corrected chi connectivity index (χ0v) is 20.0. The van der Waals surface area contributed by atoms with E-state index >= 15 is 0 Å². The number of sulfonamides is 1. The van der Waals surface area contributed by atoms with Crippen LogP contribution in [0.4, 0.5) is 5.69 Å². The molecule has 9 nitrogen and oxygen atoms in total. The number of carbonyl (C=O) groups is 2. The van der Waals surface area contributed by atoms with E-state index in [9.17, 15) is 22.8 Å². The Morgan fingerprint density at radius 2 is 1.76 bits per heavy atom. The normalized spacial score (nSPS) is 11.3. The highest BCUT2D eigenvalue weighted by Crippen LogP contribution is 2.27. The number of aromatic nitrogens is 2. The van der Waals surface area contributed by atoms with Gasteiger partial charge in [-0.1, -0.05) is 29.8 Å². The molecule has 0 N–H and O–H groups in total. The topological polar surface area (TPSA) is 108 Å². The predicted octanol–water partition coefficient (Wildman–Crippen LogP) is 2.71. The van der Waals surface area contributed by atoms with E-state index in [1.165, 1.54) is 30.8 Å². The predicted molar refractivity (Wildman–Crippen MR) is 124 cm³/mol. The van der Waals surface area contributed by atoms with Crippen LogP contribution in [-0.2, 0) is 26.6 Å². The van der Waals surface area contributed by atoms with Crippen LogP contribution in [0.25, 0.3) is 5.69 Å². The lowest BCUT2D eigenvalue weighted by Gasteiger charge is -2.18. The van der Waals surface area contributed by atoms with Gasteiger partial charge in [-0.25, -0.2) is 17.9 Å². The van der Waals surface area contributed by atoms with Gasteiger partial charge in [-0.05, 0) is 44.2 Å². The van der Waals surface area contributed by atoms with Crippen LogP contribution in [0.5, 0.6) is 0 Å². The van der Waals surface area contributed by atoms with Gasteiger partial charge in [0, 0.05) is 14.1 Å². The van der Waals surface area contributed by atoms with Gasteiger partial charge in [-0.3, -0.25) is 18.6 Å². The van der Waals surface area contributed by atoms with Crippen molar-refractivity contribution in [1.82, 2.24) is 9.36 Å². The maximum absolute atomic E-state index is 13.4. The molecule has 0 aliphatic rings. The summed E-state index contributed by atoms with van der Waals surface area (Å²) in [6.07, 6.45) is 0. The van der Waals surface area contributed by atoms with Gasteiger partial charge in [-0.15, -0.1) is 0 Å². The fraction of sp³-hybridized carbons (Fsp3) is 0.227. The minimum atomic E-state index is -4.25. The lowest BCUT2D eigenvalue weighted by atomic mass is 10.2. The first-order valence-electron chi connectivity index (χ1n) is 9.76. The van der Waals surface area contributed by atoms with Crippen LogP contribution in [0.15, 0.2) is 58.2 Å². The molecule has 33 heavy (non-hydrogen) atoms. The van der Waals surface area contributed by atoms with Crippen molar-refractivity contribution >= 4 is 39.1 Å². The van der Waals surface area contributed by atoms with Crippen molar-refractivity contribution in [2.45, 2.75) is 18.7 Å². The number of nitrogens with zero attached hydrogens (tertiary/aromatic N) is 3. The third kappa shape index (κ3) is 4.57. The summed E-state index contributed by atoms with van der Waals surface area (Å²) < 4.78 is 35.4. The fourth-order valence-corrected chi connectivity index (χ4v) is 4.73. The Morgan fingerprint density at radius 3 is 2.36 bits per heavy atom. The molecule has 3 aromatic rings. The summed E-state index contributed by atoms with van der Waals surface area (Å²) in [6.45, 7) is 2.41. The van der Waals surface area contributed by atoms with E-state index in [2.05, 4.69) is 0 Å². The number of Topliss-reactive ketones (excluding diaryl/α,β-unsaturated/α-hetero) is 1. The van der Waals surface area contributed by atoms with E-state index in [1.807, 2.05) is 0 Å². The van der Waals surface area contributed by atoms with E-state index < -0.39 is 28.2 Å². The molecule has 0 spiro atoms. The Bertz CT molecular complexity index is 1390. The molecule has 0 bridgehead atoms. The van der Waals surface area contributed by atoms with Gasteiger partial charge < -0.3 is 4.74 Å². The largest absolute Gasteiger partial charge is 0.454 e. The van der Waals surface area contributed by atoms with Gasteiger partial charge in [0.25, 0.3) is 15.6 Å². The van der Waals surface area contributed by atoms with Crippen molar-refractivity contribution < 1.29 is 22.7 Å². The number of anilines is 1.